The molecule has 37 heavy (non-hydrogen) atoms. The monoisotopic (exact) mass is 525 g/mol. The molecule has 5 nitrogen and oxygen atoms in total. The predicted molar refractivity (Wildman–Crippen MR) is 156 cm³/mol. The highest BCUT2D eigenvalue weighted by Gasteiger charge is 2.19. The van der Waals surface area contributed by atoms with Crippen LogP contribution in [0.2, 0.25) is 0 Å². The molecular formula is C30H27N3O2S2. The molecule has 0 fully saturated rings. The van der Waals surface area contributed by atoms with Gasteiger partial charge in [0.25, 0.3) is 5.91 Å². The first-order chi connectivity index (χ1) is 17.8. The number of amides is 2. The van der Waals surface area contributed by atoms with Crippen LogP contribution in [0.15, 0.2) is 77.1 Å². The van der Waals surface area contributed by atoms with Crippen molar-refractivity contribution in [2.24, 2.45) is 0 Å². The Bertz CT molecular complexity index is 1630. The molecule has 0 bridgehead atoms. The van der Waals surface area contributed by atoms with E-state index in [-0.39, 0.29) is 17.1 Å². The van der Waals surface area contributed by atoms with Crippen molar-refractivity contribution in [3.05, 3.63) is 95.1 Å². The quantitative estimate of drug-likeness (QED) is 0.222. The van der Waals surface area contributed by atoms with Crippen molar-refractivity contribution >= 4 is 67.3 Å². The van der Waals surface area contributed by atoms with Gasteiger partial charge >= 0.3 is 0 Å². The lowest BCUT2D eigenvalue weighted by atomic mass is 10.0. The molecule has 1 unspecified atom stereocenters. The number of thiazole rings is 1. The fourth-order valence-corrected chi connectivity index (χ4v) is 6.71. The van der Waals surface area contributed by atoms with Gasteiger partial charge in [-0.3, -0.25) is 9.59 Å². The number of carbonyl (C=O) groups is 2. The number of nitrogens with one attached hydrogen (secondary N) is 2. The van der Waals surface area contributed by atoms with Gasteiger partial charge in [-0.1, -0.05) is 65.9 Å². The number of rotatable bonds is 6. The molecule has 0 aliphatic heterocycles. The summed E-state index contributed by atoms with van der Waals surface area (Å²) in [5.74, 6) is -0.204. The van der Waals surface area contributed by atoms with Crippen molar-refractivity contribution in [1.82, 2.24) is 4.98 Å². The normalized spacial score (nSPS) is 12.0. The van der Waals surface area contributed by atoms with E-state index in [0.717, 1.165) is 42.1 Å². The Labute approximate surface area is 224 Å². The zero-order chi connectivity index (χ0) is 26.1. The molecule has 1 heterocycles. The highest BCUT2D eigenvalue weighted by molar-refractivity contribution is 8.02. The third-order valence-corrected chi connectivity index (χ3v) is 8.45. The fraction of sp³-hybridized carbons (Fsp3) is 0.167. The van der Waals surface area contributed by atoms with Crippen LogP contribution >= 0.6 is 23.1 Å². The molecule has 186 valence electrons. The second-order valence-corrected chi connectivity index (χ2v) is 11.8. The third-order valence-electron chi connectivity index (χ3n) is 6.23. The largest absolute Gasteiger partial charge is 0.325 e. The summed E-state index contributed by atoms with van der Waals surface area (Å²) in [4.78, 5) is 30.7. The molecule has 0 spiro atoms. The van der Waals surface area contributed by atoms with Gasteiger partial charge in [0.15, 0.2) is 4.34 Å². The molecular weight excluding hydrogens is 498 g/mol. The number of carbonyl (C=O) groups excluding carboxylic acids is 2. The SMILES string of the molecule is Cc1cc(C)c(NC(=O)C(C)Sc2nc3ccc(NC(=O)c4cccc5ccccc45)cc3s2)c(C)c1. The molecule has 2 amide bonds. The van der Waals surface area contributed by atoms with E-state index in [0.29, 0.717) is 11.3 Å². The summed E-state index contributed by atoms with van der Waals surface area (Å²) in [7, 11) is 0. The first-order valence-electron chi connectivity index (χ1n) is 12.0. The molecule has 1 atom stereocenters. The number of thioether (sulfide) groups is 1. The lowest BCUT2D eigenvalue weighted by Crippen LogP contribution is -2.23. The van der Waals surface area contributed by atoms with Gasteiger partial charge in [0, 0.05) is 16.9 Å². The van der Waals surface area contributed by atoms with Gasteiger partial charge in [0.2, 0.25) is 5.91 Å². The van der Waals surface area contributed by atoms with Crippen molar-refractivity contribution in [1.29, 1.82) is 0 Å². The number of fused-ring (bicyclic) bond motifs is 2. The summed E-state index contributed by atoms with van der Waals surface area (Å²) < 4.78 is 1.77. The highest BCUT2D eigenvalue weighted by atomic mass is 32.2. The average Bonchev–Trinajstić information content (AvgIpc) is 3.27. The van der Waals surface area contributed by atoms with E-state index in [1.807, 2.05) is 81.4 Å². The molecule has 0 saturated carbocycles. The summed E-state index contributed by atoms with van der Waals surface area (Å²) in [5, 5.41) is 7.74. The van der Waals surface area contributed by atoms with Crippen LogP contribution in [-0.2, 0) is 4.79 Å². The Hall–Kier alpha value is -3.68. The molecule has 0 radical (unpaired) electrons. The van der Waals surface area contributed by atoms with Crippen LogP contribution in [0.5, 0.6) is 0 Å². The average molecular weight is 526 g/mol. The van der Waals surface area contributed by atoms with Gasteiger partial charge in [-0.2, -0.15) is 0 Å². The minimum Gasteiger partial charge on any atom is -0.325 e. The number of anilines is 2. The van der Waals surface area contributed by atoms with Gasteiger partial charge in [0.05, 0.1) is 15.5 Å². The van der Waals surface area contributed by atoms with Crippen molar-refractivity contribution in [2.45, 2.75) is 37.3 Å². The van der Waals surface area contributed by atoms with E-state index in [1.54, 1.807) is 0 Å². The Morgan fingerprint density at radius 3 is 2.41 bits per heavy atom. The maximum absolute atomic E-state index is 13.0. The molecule has 0 aliphatic rings. The van der Waals surface area contributed by atoms with Crippen molar-refractivity contribution in [3.8, 4) is 0 Å². The summed E-state index contributed by atoms with van der Waals surface area (Å²) in [6, 6.07) is 23.4. The summed E-state index contributed by atoms with van der Waals surface area (Å²) >= 11 is 2.96. The molecule has 4 aromatic carbocycles. The maximum atomic E-state index is 13.0. The second kappa shape index (κ2) is 10.4. The zero-order valence-electron chi connectivity index (χ0n) is 21.1. The van der Waals surface area contributed by atoms with Gasteiger partial charge in [0.1, 0.15) is 0 Å². The van der Waals surface area contributed by atoms with Crippen LogP contribution in [0, 0.1) is 20.8 Å². The van der Waals surface area contributed by atoms with E-state index >= 15 is 0 Å². The van der Waals surface area contributed by atoms with Gasteiger partial charge in [-0.05, 0) is 73.9 Å². The van der Waals surface area contributed by atoms with E-state index in [2.05, 4.69) is 29.7 Å². The number of aryl methyl sites for hydroxylation is 3. The molecule has 2 N–H and O–H groups in total. The Morgan fingerprint density at radius 1 is 0.892 bits per heavy atom. The first kappa shape index (κ1) is 25.0. The van der Waals surface area contributed by atoms with Crippen LogP contribution in [-0.4, -0.2) is 22.0 Å². The lowest BCUT2D eigenvalue weighted by molar-refractivity contribution is -0.115. The lowest BCUT2D eigenvalue weighted by Gasteiger charge is -2.15. The molecule has 0 aliphatic carbocycles. The first-order valence-corrected chi connectivity index (χ1v) is 13.7. The van der Waals surface area contributed by atoms with Gasteiger partial charge in [-0.15, -0.1) is 11.3 Å². The summed E-state index contributed by atoms with van der Waals surface area (Å²) in [6.45, 7) is 7.97. The number of nitrogens with zero attached hydrogens (tertiary/aromatic N) is 1. The highest BCUT2D eigenvalue weighted by Crippen LogP contribution is 2.34. The van der Waals surface area contributed by atoms with Gasteiger partial charge < -0.3 is 10.6 Å². The van der Waals surface area contributed by atoms with Crippen LogP contribution in [0.3, 0.4) is 0 Å². The van der Waals surface area contributed by atoms with Crippen molar-refractivity contribution in [3.63, 3.8) is 0 Å². The number of aromatic nitrogens is 1. The third kappa shape index (κ3) is 5.38. The minimum atomic E-state index is -0.314. The van der Waals surface area contributed by atoms with E-state index in [4.69, 9.17) is 4.98 Å². The molecule has 5 aromatic rings. The van der Waals surface area contributed by atoms with Crippen LogP contribution in [0.25, 0.3) is 21.0 Å². The van der Waals surface area contributed by atoms with Crippen LogP contribution in [0.4, 0.5) is 11.4 Å². The minimum absolute atomic E-state index is 0.0534. The standard InChI is InChI=1S/C30H27N3O2S2/c1-17-14-18(2)27(19(3)15-17)33-28(34)20(4)36-30-32-25-13-12-22(16-26(25)37-30)31-29(35)24-11-7-9-21-8-5-6-10-23(21)24/h5-16,20H,1-4H3,(H,31,35)(H,33,34). The van der Waals surface area contributed by atoms with Crippen LogP contribution < -0.4 is 10.6 Å². The van der Waals surface area contributed by atoms with Crippen LogP contribution in [0.1, 0.15) is 34.0 Å². The molecule has 1 aromatic heterocycles. The zero-order valence-corrected chi connectivity index (χ0v) is 22.7. The van der Waals surface area contributed by atoms with Crippen molar-refractivity contribution < 1.29 is 9.59 Å². The second-order valence-electron chi connectivity index (χ2n) is 9.17. The fourth-order valence-electron chi connectivity index (χ4n) is 4.46. The number of hydrogen-bond acceptors (Lipinski definition) is 5. The summed E-state index contributed by atoms with van der Waals surface area (Å²) in [5.41, 5.74) is 6.35. The number of hydrogen-bond donors (Lipinski definition) is 2. The van der Waals surface area contributed by atoms with E-state index in [9.17, 15) is 9.59 Å². The Morgan fingerprint density at radius 2 is 1.62 bits per heavy atom. The van der Waals surface area contributed by atoms with Gasteiger partial charge in [-0.25, -0.2) is 4.98 Å². The predicted octanol–water partition coefficient (Wildman–Crippen LogP) is 7.75. The maximum Gasteiger partial charge on any atom is 0.256 e. The number of benzene rings is 4. The Kier molecular flexibility index (Phi) is 7.00. The Balaban J connectivity index is 1.29. The molecule has 7 heteroatoms. The topological polar surface area (TPSA) is 71.1 Å². The van der Waals surface area contributed by atoms with E-state index in [1.165, 1.54) is 28.7 Å². The van der Waals surface area contributed by atoms with E-state index < -0.39 is 0 Å². The summed E-state index contributed by atoms with van der Waals surface area (Å²) in [6.07, 6.45) is 0. The van der Waals surface area contributed by atoms with Crippen molar-refractivity contribution in [2.75, 3.05) is 10.6 Å². The molecule has 5 rings (SSSR count). The molecule has 0 saturated heterocycles. The smallest absolute Gasteiger partial charge is 0.256 e.